The van der Waals surface area contributed by atoms with Crippen LogP contribution in [0.4, 0.5) is 22.0 Å². The van der Waals surface area contributed by atoms with Gasteiger partial charge in [0, 0.05) is 54.9 Å². The van der Waals surface area contributed by atoms with Gasteiger partial charge >= 0.3 is 18.1 Å². The number of aliphatic hydroxyl groups excluding tert-OH is 4. The van der Waals surface area contributed by atoms with Gasteiger partial charge in [-0.1, -0.05) is 127 Å². The molecule has 0 spiro atoms. The highest BCUT2D eigenvalue weighted by Gasteiger charge is 2.74. The van der Waals surface area contributed by atoms with E-state index in [4.69, 9.17) is 25.1 Å². The second-order valence-corrected chi connectivity index (χ2v) is 37.6. The number of nitrogens with zero attached hydrogens (tertiary/aromatic N) is 2. The van der Waals surface area contributed by atoms with Crippen LogP contribution in [-0.2, 0) is 52.7 Å². The minimum atomic E-state index is -5.08. The molecule has 0 aromatic heterocycles. The number of nitrogens with one attached hydrogen (secondary N) is 3. The Kier molecular flexibility index (Phi) is 31.0. The number of piperidine rings is 2. The summed E-state index contributed by atoms with van der Waals surface area (Å²) in [5, 5.41) is 69.1. The second kappa shape index (κ2) is 40.2. The van der Waals surface area contributed by atoms with Gasteiger partial charge in [0.2, 0.25) is 29.5 Å². The number of halogens is 5. The first kappa shape index (κ1) is 98.7. The molecular formula is C94H119F5N6O23. The largest absolute Gasteiger partial charge is 0.490 e. The SMILES string of the molecule is C[C@@H]1C[C@H]2[C@@H]3CCC4=CC(=O)C=C[C@]4(C)[C@@]3(F)[C@@H](O)C[C@]2(C)[C@@H](C(=O)NCCCCCCCCCC(=O)COc2cccc3c2C(=O)N(C2CCC(=O)NC2=O)C3=O)[C@@H]1O.C[C@@H]1C[C@H]2[C@@H]3CCC4=CC(=O)C=C[C@]4(C)[C@@]3(F)[C@@H](O)C[C@]2(C)[C@@H](C(=O)O)[C@@H]1O.NCCCCCCCCCC(=O)COc1cccc2c1C(=O)N(C1CCC(=O)NC1=O)C2=O.O=C(O)C(F)(F)F. The first-order valence-electron chi connectivity index (χ1n) is 44.8. The Balaban J connectivity index is 0.000000195. The summed E-state index contributed by atoms with van der Waals surface area (Å²) in [7, 11) is 0. The van der Waals surface area contributed by atoms with Crippen LogP contribution in [0.1, 0.15) is 263 Å². The number of imide groups is 4. The summed E-state index contributed by atoms with van der Waals surface area (Å²) in [5.74, 6) is -13.1. The highest BCUT2D eigenvalue weighted by molar-refractivity contribution is 6.25. The molecule has 0 bridgehead atoms. The Bertz CT molecular complexity index is 4820. The van der Waals surface area contributed by atoms with Crippen molar-refractivity contribution < 1.29 is 134 Å². The molecule has 8 fully saturated rings. The third kappa shape index (κ3) is 19.5. The monoisotopic (exact) mass is 1790 g/mol. The zero-order valence-corrected chi connectivity index (χ0v) is 73.1. The minimum Gasteiger partial charge on any atom is -0.485 e. The number of nitrogens with two attached hydrogens (primary N) is 1. The molecule has 12 aliphatic rings. The molecule has 2 aromatic rings. The van der Waals surface area contributed by atoms with Crippen LogP contribution < -0.4 is 31.2 Å². The van der Waals surface area contributed by atoms with Crippen molar-refractivity contribution in [3.63, 3.8) is 0 Å². The van der Waals surface area contributed by atoms with Crippen LogP contribution in [0.15, 0.2) is 84.0 Å². The van der Waals surface area contributed by atoms with Crippen LogP contribution >= 0.6 is 0 Å². The van der Waals surface area contributed by atoms with E-state index < -0.39 is 159 Å². The molecule has 2 aromatic carbocycles. The predicted octanol–water partition coefficient (Wildman–Crippen LogP) is 10.3. The number of benzene rings is 2. The summed E-state index contributed by atoms with van der Waals surface area (Å²) in [6, 6.07) is 6.98. The lowest BCUT2D eigenvalue weighted by molar-refractivity contribution is -0.237. The van der Waals surface area contributed by atoms with E-state index in [9.17, 15) is 106 Å². The minimum absolute atomic E-state index is 0.00484. The average molecular weight is 1800 g/mol. The van der Waals surface area contributed by atoms with E-state index in [0.717, 1.165) is 99.8 Å². The number of hydrogen-bond donors (Lipinski definition) is 10. The third-order valence-corrected chi connectivity index (χ3v) is 29.7. The van der Waals surface area contributed by atoms with Gasteiger partial charge in [-0.3, -0.25) is 87.6 Å². The number of aliphatic hydroxyl groups is 4. The van der Waals surface area contributed by atoms with Gasteiger partial charge in [0.15, 0.2) is 34.5 Å². The number of carboxylic acid groups (broad SMARTS) is 2. The number of unbranched alkanes of at least 4 members (excludes halogenated alkanes) is 12. The maximum atomic E-state index is 17.6. The van der Waals surface area contributed by atoms with Crippen molar-refractivity contribution in [3.8, 4) is 11.5 Å². The molecule has 0 radical (unpaired) electrons. The summed E-state index contributed by atoms with van der Waals surface area (Å²) in [6.45, 7) is 11.7. The number of carbonyl (C=O) groups excluding carboxylic acids is 13. The number of Topliss-reactive ketones (excluding diaryl/α,β-unsaturated/α-hetero) is 2. The van der Waals surface area contributed by atoms with E-state index in [1.54, 1.807) is 45.1 Å². The Morgan fingerprint density at radius 3 is 1.27 bits per heavy atom. The third-order valence-electron chi connectivity index (χ3n) is 29.7. The molecule has 29 nitrogen and oxygen atoms in total. The van der Waals surface area contributed by atoms with Gasteiger partial charge in [0.1, 0.15) is 36.8 Å². The fraction of sp³-hybridized carbons (Fsp3) is 0.628. The lowest BCUT2D eigenvalue weighted by atomic mass is 9.40. The maximum absolute atomic E-state index is 17.6. The van der Waals surface area contributed by atoms with Gasteiger partial charge in [-0.15, -0.1) is 0 Å². The summed E-state index contributed by atoms with van der Waals surface area (Å²) in [4.78, 5) is 185. The number of carbonyl (C=O) groups is 15. The van der Waals surface area contributed by atoms with Gasteiger partial charge in [-0.2, -0.15) is 13.2 Å². The van der Waals surface area contributed by atoms with E-state index in [0.29, 0.717) is 75.5 Å². The van der Waals surface area contributed by atoms with Crippen molar-refractivity contribution in [1.29, 1.82) is 0 Å². The van der Waals surface area contributed by atoms with Gasteiger partial charge in [0.25, 0.3) is 23.6 Å². The number of carboxylic acids is 2. The molecule has 4 aliphatic heterocycles. The molecule has 34 heteroatoms. The number of alkyl halides is 5. The molecule has 20 atom stereocenters. The van der Waals surface area contributed by atoms with E-state index >= 15 is 8.78 Å². The standard InChI is InChI=1S/C46H58FN3O10.C24H31N3O6.C22H29FO5.C2HF3O2/c1-26-22-32-31-16-15-27-23-28(51)19-20-45(27,3)46(31,47)35(53)24-44(32,2)38(39(26)55)41(57)48-21-10-8-6-4-5-7-9-12-29(52)25-60-34-14-11-13-30-37(34)43(59)50(42(30)58)33-17-18-36(54)49-40(33)56;25-14-7-5-3-1-2-4-6-9-16(28)15-33-19-11-8-10-17-21(19)24(32)27(23(17)31)18-12-13-20(29)26-22(18)30;1-11-8-15-14-5-4-12-9-13(24)6-7-21(12,3)22(14,23)16(25)10-20(15,2)17(18(11)26)19(27)28;3-2(4,5)1(6)7/h11,13-14,19-20,23,26,31-33,35,38-39,53,55H,4-10,12,15-18,21-22,24-25H2,1-3H3,(H,48,57)(H,49,54,56);8,10-11,18H,1-7,9,12-15,25H2,(H,26,29,30);6-7,9,11,14-18,25-26H,4-5,8,10H2,1-3H3,(H,27,28);(H,6,7)/t26-,31+,32+,33?,35+,38-,39-,44+,45+,46+;;11-,14+,15+,16+,17-,18-,20+,21+,22+;/m1.1./s1. The van der Waals surface area contributed by atoms with Gasteiger partial charge in [-0.25, -0.2) is 13.6 Å². The quantitative estimate of drug-likeness (QED) is 0.0205. The number of ether oxygens (including phenoxy) is 2. The summed E-state index contributed by atoms with van der Waals surface area (Å²) in [5.41, 5.74) is -0.681. The van der Waals surface area contributed by atoms with Crippen molar-refractivity contribution in [3.05, 3.63) is 106 Å². The fourth-order valence-electron chi connectivity index (χ4n) is 22.9. The second-order valence-electron chi connectivity index (χ2n) is 37.6. The van der Waals surface area contributed by atoms with Gasteiger partial charge in [0.05, 0.1) is 58.5 Å². The van der Waals surface area contributed by atoms with Crippen molar-refractivity contribution in [2.45, 2.75) is 275 Å². The van der Waals surface area contributed by atoms with Crippen LogP contribution in [0.2, 0.25) is 0 Å². The highest BCUT2D eigenvalue weighted by Crippen LogP contribution is 2.70. The van der Waals surface area contributed by atoms with E-state index in [1.165, 1.54) is 48.6 Å². The Morgan fingerprint density at radius 2 is 0.891 bits per heavy atom. The summed E-state index contributed by atoms with van der Waals surface area (Å²) >= 11 is 0. The van der Waals surface area contributed by atoms with Gasteiger partial charge in [-0.05, 0) is 193 Å². The number of ketones is 4. The summed E-state index contributed by atoms with van der Waals surface area (Å²) < 4.78 is 77.5. The fourth-order valence-corrected chi connectivity index (χ4v) is 22.9. The molecule has 6 saturated carbocycles. The molecule has 128 heavy (non-hydrogen) atoms. The molecule has 8 aliphatic carbocycles. The predicted molar refractivity (Wildman–Crippen MR) is 449 cm³/mol. The first-order valence-corrected chi connectivity index (χ1v) is 44.8. The van der Waals surface area contributed by atoms with Crippen LogP contribution in [0.25, 0.3) is 0 Å². The Hall–Kier alpha value is -9.90. The number of amides is 9. The summed E-state index contributed by atoms with van der Waals surface area (Å²) in [6.07, 6.45) is 16.6. The van der Waals surface area contributed by atoms with Crippen LogP contribution in [0, 0.1) is 69.0 Å². The van der Waals surface area contributed by atoms with Crippen molar-refractivity contribution in [2.75, 3.05) is 26.3 Å². The van der Waals surface area contributed by atoms with Gasteiger partial charge < -0.3 is 51.2 Å². The maximum Gasteiger partial charge on any atom is 0.490 e. The highest BCUT2D eigenvalue weighted by atomic mass is 19.4. The lowest BCUT2D eigenvalue weighted by Crippen LogP contribution is -2.70. The normalized spacial score (nSPS) is 33.0. The van der Waals surface area contributed by atoms with Crippen molar-refractivity contribution in [2.24, 2.45) is 74.7 Å². The molecular weight excluding hydrogens is 1680 g/mol. The Labute approximate surface area is 738 Å². The molecule has 2 saturated heterocycles. The molecule has 14 rings (SSSR count). The number of allylic oxidation sites excluding steroid dienone is 8. The number of aliphatic carboxylic acids is 2. The zero-order chi connectivity index (χ0) is 93.7. The lowest BCUT2D eigenvalue weighted by Gasteiger charge is -2.66. The molecule has 2 unspecified atom stereocenters. The van der Waals surface area contributed by atoms with E-state index in [-0.39, 0.29) is 138 Å². The van der Waals surface area contributed by atoms with Crippen LogP contribution in [-0.4, -0.2) is 209 Å². The molecule has 9 amide bonds. The van der Waals surface area contributed by atoms with E-state index in [1.807, 2.05) is 20.8 Å². The Morgan fingerprint density at radius 1 is 0.516 bits per heavy atom. The molecule has 11 N–H and O–H groups in total. The first-order chi connectivity index (χ1) is 60.4. The number of hydrogen-bond acceptors (Lipinski definition) is 22. The van der Waals surface area contributed by atoms with Crippen molar-refractivity contribution in [1.82, 2.24) is 25.8 Å². The topological polar surface area (TPSA) is 464 Å². The van der Waals surface area contributed by atoms with Crippen LogP contribution in [0.3, 0.4) is 0 Å². The average Bonchev–Trinajstić information content (AvgIpc) is 0.857. The number of fused-ring (bicyclic) bond motifs is 12. The van der Waals surface area contributed by atoms with E-state index in [2.05, 4.69) is 16.0 Å². The van der Waals surface area contributed by atoms with Crippen molar-refractivity contribution >= 4 is 88.2 Å². The zero-order valence-electron chi connectivity index (χ0n) is 73.1. The molecule has 4 heterocycles. The smallest absolute Gasteiger partial charge is 0.485 e. The molecule has 698 valence electrons. The number of rotatable bonds is 29. The van der Waals surface area contributed by atoms with Crippen LogP contribution in [0.5, 0.6) is 11.5 Å².